The van der Waals surface area contributed by atoms with Gasteiger partial charge in [-0.1, -0.05) is 31.9 Å². The van der Waals surface area contributed by atoms with Gasteiger partial charge in [-0.2, -0.15) is 0 Å². The predicted molar refractivity (Wildman–Crippen MR) is 85.8 cm³/mol. The lowest BCUT2D eigenvalue weighted by Gasteiger charge is -2.06. The van der Waals surface area contributed by atoms with E-state index < -0.39 is 5.97 Å². The Bertz CT molecular complexity index is 396. The zero-order chi connectivity index (χ0) is 14.6. The van der Waals surface area contributed by atoms with Gasteiger partial charge in [-0.15, -0.1) is 11.8 Å². The zero-order valence-corrected chi connectivity index (χ0v) is 13.0. The highest BCUT2D eigenvalue weighted by atomic mass is 32.2. The number of carboxylic acid groups (broad SMARTS) is 1. The molecule has 0 spiro atoms. The normalized spacial score (nSPS) is 10.7. The number of unbranched alkanes of at least 4 members (excludes halogenated alkanes) is 3. The molecule has 20 heavy (non-hydrogen) atoms. The van der Waals surface area contributed by atoms with Gasteiger partial charge >= 0.3 is 5.97 Å². The van der Waals surface area contributed by atoms with E-state index in [1.54, 1.807) is 23.9 Å². The van der Waals surface area contributed by atoms with E-state index in [-0.39, 0.29) is 0 Å². The van der Waals surface area contributed by atoms with Crippen molar-refractivity contribution < 1.29 is 9.90 Å². The number of hydrogen-bond acceptors (Lipinski definition) is 3. The van der Waals surface area contributed by atoms with E-state index in [4.69, 9.17) is 5.11 Å². The first kappa shape index (κ1) is 17.1. The van der Waals surface area contributed by atoms with Crippen LogP contribution in [0.3, 0.4) is 0 Å². The van der Waals surface area contributed by atoms with Crippen LogP contribution in [-0.2, 0) is 0 Å². The predicted octanol–water partition coefficient (Wildman–Crippen LogP) is 4.04. The molecule has 0 bridgehead atoms. The second kappa shape index (κ2) is 10.7. The fraction of sp³-hybridized carbons (Fsp3) is 0.562. The molecule has 0 aliphatic carbocycles. The molecule has 0 heterocycles. The maximum Gasteiger partial charge on any atom is 0.336 e. The molecular formula is C16H25NO2S. The topological polar surface area (TPSA) is 49.3 Å². The van der Waals surface area contributed by atoms with Crippen molar-refractivity contribution in [3.8, 4) is 0 Å². The summed E-state index contributed by atoms with van der Waals surface area (Å²) in [7, 11) is 0. The van der Waals surface area contributed by atoms with E-state index in [0.717, 1.165) is 30.2 Å². The van der Waals surface area contributed by atoms with Crippen molar-refractivity contribution in [2.24, 2.45) is 0 Å². The van der Waals surface area contributed by atoms with Crippen LogP contribution in [0, 0.1) is 0 Å². The molecule has 0 atom stereocenters. The summed E-state index contributed by atoms with van der Waals surface area (Å²) < 4.78 is 0. The van der Waals surface area contributed by atoms with Crippen molar-refractivity contribution in [2.45, 2.75) is 43.9 Å². The highest BCUT2D eigenvalue weighted by Crippen LogP contribution is 2.23. The highest BCUT2D eigenvalue weighted by Gasteiger charge is 2.08. The number of hydrogen-bond donors (Lipinski definition) is 2. The molecule has 1 rings (SSSR count). The van der Waals surface area contributed by atoms with Crippen molar-refractivity contribution in [1.82, 2.24) is 5.32 Å². The fourth-order valence-electron chi connectivity index (χ4n) is 1.91. The molecule has 2 N–H and O–H groups in total. The third-order valence-corrected chi connectivity index (χ3v) is 4.24. The molecule has 1 aromatic rings. The minimum absolute atomic E-state index is 0.415. The maximum atomic E-state index is 11.1. The molecule has 0 radical (unpaired) electrons. The van der Waals surface area contributed by atoms with Gasteiger partial charge in [0.05, 0.1) is 5.56 Å². The Kier molecular flexibility index (Phi) is 9.16. The molecular weight excluding hydrogens is 270 g/mol. The van der Waals surface area contributed by atoms with Crippen LogP contribution in [0.15, 0.2) is 29.2 Å². The maximum absolute atomic E-state index is 11.1. The van der Waals surface area contributed by atoms with E-state index in [1.165, 1.54) is 25.7 Å². The van der Waals surface area contributed by atoms with Crippen molar-refractivity contribution in [2.75, 3.05) is 18.8 Å². The van der Waals surface area contributed by atoms with E-state index in [2.05, 4.69) is 12.2 Å². The standard InChI is InChI=1S/C16H25NO2S/c1-2-3-11-17-12-7-4-8-13-20-15-10-6-5-9-14(15)16(18)19/h5-6,9-10,17H,2-4,7-8,11-13H2,1H3,(H,18,19). The highest BCUT2D eigenvalue weighted by molar-refractivity contribution is 7.99. The Morgan fingerprint density at radius 3 is 2.65 bits per heavy atom. The van der Waals surface area contributed by atoms with Crippen LogP contribution in [0.25, 0.3) is 0 Å². The van der Waals surface area contributed by atoms with Gasteiger partial charge in [-0.3, -0.25) is 0 Å². The Balaban J connectivity index is 2.11. The average Bonchev–Trinajstić information content (AvgIpc) is 2.46. The summed E-state index contributed by atoms with van der Waals surface area (Å²) in [6.45, 7) is 4.42. The number of carboxylic acids is 1. The first-order valence-corrected chi connectivity index (χ1v) is 8.40. The van der Waals surface area contributed by atoms with E-state index in [9.17, 15) is 4.79 Å². The quantitative estimate of drug-likeness (QED) is 0.478. The molecule has 3 nitrogen and oxygen atoms in total. The third kappa shape index (κ3) is 6.96. The summed E-state index contributed by atoms with van der Waals surface area (Å²) >= 11 is 1.65. The largest absolute Gasteiger partial charge is 0.478 e. The van der Waals surface area contributed by atoms with Crippen molar-refractivity contribution in [3.05, 3.63) is 29.8 Å². The Hall–Kier alpha value is -1.00. The van der Waals surface area contributed by atoms with Crippen LogP contribution < -0.4 is 5.32 Å². The molecule has 4 heteroatoms. The molecule has 0 aromatic heterocycles. The summed E-state index contributed by atoms with van der Waals surface area (Å²) in [5.74, 6) is 0.146. The minimum atomic E-state index is -0.840. The number of benzene rings is 1. The lowest BCUT2D eigenvalue weighted by Crippen LogP contribution is -2.16. The number of nitrogens with one attached hydrogen (secondary N) is 1. The molecule has 0 saturated carbocycles. The number of rotatable bonds is 11. The first-order valence-electron chi connectivity index (χ1n) is 7.41. The first-order chi connectivity index (χ1) is 9.75. The second-order valence-electron chi connectivity index (χ2n) is 4.81. The molecule has 0 unspecified atom stereocenters. The van der Waals surface area contributed by atoms with Crippen molar-refractivity contribution >= 4 is 17.7 Å². The van der Waals surface area contributed by atoms with Gasteiger partial charge in [0.15, 0.2) is 0 Å². The van der Waals surface area contributed by atoms with Crippen LogP contribution >= 0.6 is 11.8 Å². The fourth-order valence-corrected chi connectivity index (χ4v) is 2.96. The smallest absolute Gasteiger partial charge is 0.336 e. The van der Waals surface area contributed by atoms with Gasteiger partial charge < -0.3 is 10.4 Å². The molecule has 0 fully saturated rings. The number of carbonyl (C=O) groups is 1. The summed E-state index contributed by atoms with van der Waals surface area (Å²) in [4.78, 5) is 11.9. The van der Waals surface area contributed by atoms with Gasteiger partial charge in [0, 0.05) is 4.90 Å². The molecule has 1 aromatic carbocycles. The molecule has 112 valence electrons. The number of aromatic carboxylic acids is 1. The summed E-state index contributed by atoms with van der Waals surface area (Å²) in [5.41, 5.74) is 0.415. The summed E-state index contributed by atoms with van der Waals surface area (Å²) in [6, 6.07) is 7.23. The van der Waals surface area contributed by atoms with Crippen LogP contribution in [0.2, 0.25) is 0 Å². The average molecular weight is 295 g/mol. The van der Waals surface area contributed by atoms with Crippen molar-refractivity contribution in [1.29, 1.82) is 0 Å². The molecule has 0 aliphatic rings. The second-order valence-corrected chi connectivity index (χ2v) is 5.95. The Morgan fingerprint density at radius 1 is 1.15 bits per heavy atom. The lowest BCUT2D eigenvalue weighted by atomic mass is 10.2. The summed E-state index contributed by atoms with van der Waals surface area (Å²) in [5, 5.41) is 12.5. The van der Waals surface area contributed by atoms with Crippen LogP contribution in [-0.4, -0.2) is 29.9 Å². The zero-order valence-electron chi connectivity index (χ0n) is 12.2. The van der Waals surface area contributed by atoms with Gasteiger partial charge in [0.2, 0.25) is 0 Å². The van der Waals surface area contributed by atoms with Gasteiger partial charge in [-0.25, -0.2) is 4.79 Å². The van der Waals surface area contributed by atoms with Crippen LogP contribution in [0.5, 0.6) is 0 Å². The molecule has 0 aliphatic heterocycles. The van der Waals surface area contributed by atoms with E-state index in [0.29, 0.717) is 5.56 Å². The third-order valence-electron chi connectivity index (χ3n) is 3.08. The SMILES string of the molecule is CCCCNCCCCCSc1ccccc1C(=O)O. The monoisotopic (exact) mass is 295 g/mol. The van der Waals surface area contributed by atoms with Crippen molar-refractivity contribution in [3.63, 3.8) is 0 Å². The lowest BCUT2D eigenvalue weighted by molar-refractivity contribution is 0.0693. The number of thioether (sulfide) groups is 1. The van der Waals surface area contributed by atoms with Gasteiger partial charge in [0.1, 0.15) is 0 Å². The van der Waals surface area contributed by atoms with E-state index in [1.807, 2.05) is 12.1 Å². The van der Waals surface area contributed by atoms with Crippen LogP contribution in [0.1, 0.15) is 49.4 Å². The van der Waals surface area contributed by atoms with E-state index >= 15 is 0 Å². The Morgan fingerprint density at radius 2 is 1.90 bits per heavy atom. The van der Waals surface area contributed by atoms with Gasteiger partial charge in [0.25, 0.3) is 0 Å². The van der Waals surface area contributed by atoms with Crippen LogP contribution in [0.4, 0.5) is 0 Å². The molecule has 0 saturated heterocycles. The Labute approximate surface area is 126 Å². The molecule has 0 amide bonds. The van der Waals surface area contributed by atoms with Gasteiger partial charge in [-0.05, 0) is 50.2 Å². The summed E-state index contributed by atoms with van der Waals surface area (Å²) in [6.07, 6.45) is 6.02. The minimum Gasteiger partial charge on any atom is -0.478 e.